The fraction of sp³-hybridized carbons (Fsp3) is 0.208. The number of rotatable bonds is 5. The van der Waals surface area contributed by atoms with Crippen molar-refractivity contribution < 1.29 is 14.3 Å². The van der Waals surface area contributed by atoms with Gasteiger partial charge in [0, 0.05) is 28.8 Å². The summed E-state index contributed by atoms with van der Waals surface area (Å²) in [5.41, 5.74) is 3.57. The summed E-state index contributed by atoms with van der Waals surface area (Å²) >= 11 is 6.20. The zero-order valence-corrected chi connectivity index (χ0v) is 17.2. The van der Waals surface area contributed by atoms with Crippen LogP contribution in [-0.4, -0.2) is 30.7 Å². The number of hydrogen-bond acceptors (Lipinski definition) is 4. The van der Waals surface area contributed by atoms with Gasteiger partial charge in [0.2, 0.25) is 5.91 Å². The van der Waals surface area contributed by atoms with E-state index in [4.69, 9.17) is 16.3 Å². The molecule has 30 heavy (non-hydrogen) atoms. The van der Waals surface area contributed by atoms with Crippen LogP contribution in [-0.2, 0) is 14.3 Å². The van der Waals surface area contributed by atoms with E-state index in [0.29, 0.717) is 28.5 Å². The summed E-state index contributed by atoms with van der Waals surface area (Å²) in [5, 5.41) is 3.47. The Balaban J connectivity index is 1.60. The lowest BCUT2D eigenvalue weighted by Gasteiger charge is -2.28. The molecule has 0 aliphatic carbocycles. The third kappa shape index (κ3) is 4.07. The molecule has 2 atom stereocenters. The van der Waals surface area contributed by atoms with E-state index in [1.807, 2.05) is 54.6 Å². The smallest absolute Gasteiger partial charge is 0.316 e. The van der Waals surface area contributed by atoms with Crippen LogP contribution in [0.1, 0.15) is 24.0 Å². The molecular weight excluding hydrogens is 400 g/mol. The van der Waals surface area contributed by atoms with E-state index >= 15 is 0 Å². The van der Waals surface area contributed by atoms with Crippen LogP contribution in [0.25, 0.3) is 6.08 Å². The SMILES string of the molecule is CC1=C(C(=O)NCC=Cc2ccccc2)C(c2cccc(Cl)c2)C2C(=O)OCC2=N1. The Kier molecular flexibility index (Phi) is 5.81. The maximum atomic E-state index is 13.1. The fourth-order valence-corrected chi connectivity index (χ4v) is 4.13. The van der Waals surface area contributed by atoms with Crippen molar-refractivity contribution >= 4 is 35.3 Å². The fourth-order valence-electron chi connectivity index (χ4n) is 3.93. The van der Waals surface area contributed by atoms with Gasteiger partial charge in [-0.25, -0.2) is 0 Å². The Morgan fingerprint density at radius 3 is 2.77 bits per heavy atom. The van der Waals surface area contributed by atoms with Crippen LogP contribution in [0.4, 0.5) is 0 Å². The van der Waals surface area contributed by atoms with Crippen LogP contribution in [0.2, 0.25) is 5.02 Å². The first-order chi connectivity index (χ1) is 14.5. The van der Waals surface area contributed by atoms with E-state index in [1.54, 1.807) is 19.1 Å². The van der Waals surface area contributed by atoms with E-state index in [9.17, 15) is 9.59 Å². The van der Waals surface area contributed by atoms with Gasteiger partial charge in [0.15, 0.2) is 0 Å². The van der Waals surface area contributed by atoms with E-state index in [1.165, 1.54) is 0 Å². The number of halogens is 1. The summed E-state index contributed by atoms with van der Waals surface area (Å²) in [5.74, 6) is -1.70. The zero-order valence-electron chi connectivity index (χ0n) is 16.5. The lowest BCUT2D eigenvalue weighted by molar-refractivity contribution is -0.141. The second-order valence-corrected chi connectivity index (χ2v) is 7.68. The Bertz CT molecular complexity index is 1070. The van der Waals surface area contributed by atoms with Gasteiger partial charge in [0.1, 0.15) is 12.5 Å². The van der Waals surface area contributed by atoms with Crippen molar-refractivity contribution in [1.29, 1.82) is 0 Å². The van der Waals surface area contributed by atoms with Gasteiger partial charge in [-0.05, 0) is 30.2 Å². The number of hydrogen-bond donors (Lipinski definition) is 1. The summed E-state index contributed by atoms with van der Waals surface area (Å²) in [7, 11) is 0. The van der Waals surface area contributed by atoms with Crippen molar-refractivity contribution in [3.05, 3.63) is 88.1 Å². The largest absolute Gasteiger partial charge is 0.459 e. The van der Waals surface area contributed by atoms with Crippen molar-refractivity contribution in [2.24, 2.45) is 10.9 Å². The van der Waals surface area contributed by atoms with E-state index in [2.05, 4.69) is 10.3 Å². The molecule has 1 fully saturated rings. The second-order valence-electron chi connectivity index (χ2n) is 7.24. The van der Waals surface area contributed by atoms with Gasteiger partial charge in [-0.1, -0.05) is 66.2 Å². The topological polar surface area (TPSA) is 67.8 Å². The number of esters is 1. The third-order valence-corrected chi connectivity index (χ3v) is 5.50. The highest BCUT2D eigenvalue weighted by molar-refractivity contribution is 6.30. The van der Waals surface area contributed by atoms with Crippen molar-refractivity contribution in [3.63, 3.8) is 0 Å². The molecule has 1 amide bonds. The first-order valence-electron chi connectivity index (χ1n) is 9.74. The van der Waals surface area contributed by atoms with Gasteiger partial charge in [-0.2, -0.15) is 0 Å². The average molecular weight is 421 g/mol. The molecule has 1 N–H and O–H groups in total. The molecule has 0 aromatic heterocycles. The molecule has 5 nitrogen and oxygen atoms in total. The highest BCUT2D eigenvalue weighted by Crippen LogP contribution is 2.42. The van der Waals surface area contributed by atoms with Crippen molar-refractivity contribution in [3.8, 4) is 0 Å². The number of cyclic esters (lactones) is 1. The predicted molar refractivity (Wildman–Crippen MR) is 117 cm³/mol. The number of nitrogens with zero attached hydrogens (tertiary/aromatic N) is 1. The summed E-state index contributed by atoms with van der Waals surface area (Å²) < 4.78 is 5.23. The zero-order chi connectivity index (χ0) is 21.1. The Morgan fingerprint density at radius 2 is 2.00 bits per heavy atom. The minimum atomic E-state index is -0.604. The van der Waals surface area contributed by atoms with Crippen molar-refractivity contribution in [2.45, 2.75) is 12.8 Å². The monoisotopic (exact) mass is 420 g/mol. The number of nitrogens with one attached hydrogen (secondary N) is 1. The number of benzene rings is 2. The Labute approximate surface area is 180 Å². The highest BCUT2D eigenvalue weighted by Gasteiger charge is 2.46. The molecule has 1 saturated heterocycles. The van der Waals surface area contributed by atoms with Crippen LogP contribution < -0.4 is 5.32 Å². The number of fused-ring (bicyclic) bond motifs is 1. The van der Waals surface area contributed by atoms with Gasteiger partial charge < -0.3 is 10.1 Å². The maximum absolute atomic E-state index is 13.1. The lowest BCUT2D eigenvalue weighted by atomic mass is 9.76. The number of carbonyl (C=O) groups excluding carboxylic acids is 2. The lowest BCUT2D eigenvalue weighted by Crippen LogP contribution is -2.36. The highest BCUT2D eigenvalue weighted by atomic mass is 35.5. The van der Waals surface area contributed by atoms with Gasteiger partial charge in [0.05, 0.1) is 5.71 Å². The minimum Gasteiger partial charge on any atom is -0.459 e. The molecule has 4 rings (SSSR count). The molecule has 2 aliphatic rings. The molecule has 2 aliphatic heterocycles. The number of aliphatic imine (C=N–C) groups is 1. The Hall–Kier alpha value is -3.18. The van der Waals surface area contributed by atoms with Crippen LogP contribution in [0, 0.1) is 5.92 Å². The van der Waals surface area contributed by atoms with Crippen LogP contribution in [0.3, 0.4) is 0 Å². The van der Waals surface area contributed by atoms with E-state index in [0.717, 1.165) is 11.1 Å². The van der Waals surface area contributed by atoms with Crippen LogP contribution >= 0.6 is 11.6 Å². The number of amides is 1. The quantitative estimate of drug-likeness (QED) is 0.738. The molecule has 6 heteroatoms. The summed E-state index contributed by atoms with van der Waals surface area (Å²) in [6, 6.07) is 17.1. The maximum Gasteiger partial charge on any atom is 0.316 e. The van der Waals surface area contributed by atoms with Crippen molar-refractivity contribution in [1.82, 2.24) is 5.32 Å². The number of ether oxygens (including phenoxy) is 1. The molecule has 0 bridgehead atoms. The standard InChI is InChI=1S/C24H21ClN2O3/c1-15-20(23(28)26-12-6-9-16-7-3-2-4-8-16)21(17-10-5-11-18(25)13-17)22-19(27-15)14-30-24(22)29/h2-11,13,21-22H,12,14H2,1H3,(H,26,28). The third-order valence-electron chi connectivity index (χ3n) is 5.26. The first kappa shape index (κ1) is 20.1. The number of carbonyl (C=O) groups is 2. The van der Waals surface area contributed by atoms with E-state index < -0.39 is 11.8 Å². The number of allylic oxidation sites excluding steroid dienone is 1. The van der Waals surface area contributed by atoms with Gasteiger partial charge in [-0.15, -0.1) is 0 Å². The predicted octanol–water partition coefficient (Wildman–Crippen LogP) is 4.15. The molecule has 2 unspecified atom stereocenters. The molecule has 2 aromatic carbocycles. The molecule has 152 valence electrons. The minimum absolute atomic E-state index is 0.159. The van der Waals surface area contributed by atoms with Crippen LogP contribution in [0.5, 0.6) is 0 Å². The van der Waals surface area contributed by atoms with E-state index in [-0.39, 0.29) is 18.5 Å². The molecule has 2 heterocycles. The molecular formula is C24H21ClN2O3. The van der Waals surface area contributed by atoms with Gasteiger partial charge in [-0.3, -0.25) is 14.6 Å². The molecule has 2 aromatic rings. The van der Waals surface area contributed by atoms with Crippen molar-refractivity contribution in [2.75, 3.05) is 13.2 Å². The van der Waals surface area contributed by atoms with Gasteiger partial charge >= 0.3 is 5.97 Å². The average Bonchev–Trinajstić information content (AvgIpc) is 3.11. The summed E-state index contributed by atoms with van der Waals surface area (Å²) in [4.78, 5) is 30.1. The molecule has 0 saturated carbocycles. The molecule has 0 radical (unpaired) electrons. The molecule has 0 spiro atoms. The first-order valence-corrected chi connectivity index (χ1v) is 10.1. The second kappa shape index (κ2) is 8.67. The Morgan fingerprint density at radius 1 is 1.20 bits per heavy atom. The van der Waals surface area contributed by atoms with Crippen LogP contribution in [0.15, 0.2) is 76.9 Å². The summed E-state index contributed by atoms with van der Waals surface area (Å²) in [6.07, 6.45) is 3.83. The van der Waals surface area contributed by atoms with Gasteiger partial charge in [0.25, 0.3) is 0 Å². The summed E-state index contributed by atoms with van der Waals surface area (Å²) in [6.45, 7) is 2.31. The normalized spacial score (nSPS) is 20.7.